The van der Waals surface area contributed by atoms with Crippen LogP contribution in [0.15, 0.2) is 27.6 Å². The molecule has 0 radical (unpaired) electrons. The number of rotatable bonds is 4. The Morgan fingerprint density at radius 2 is 2.33 bits per heavy atom. The van der Waals surface area contributed by atoms with Gasteiger partial charge in [0.2, 0.25) is 0 Å². The van der Waals surface area contributed by atoms with E-state index in [1.165, 1.54) is 18.9 Å². The van der Waals surface area contributed by atoms with Gasteiger partial charge in [0.1, 0.15) is 0 Å². The van der Waals surface area contributed by atoms with E-state index in [1.54, 1.807) is 0 Å². The molecule has 5 heteroatoms. The summed E-state index contributed by atoms with van der Waals surface area (Å²) in [5, 5.41) is 0. The molecule has 0 fully saturated rings. The molecule has 1 aromatic carbocycles. The molecule has 0 saturated carbocycles. The summed E-state index contributed by atoms with van der Waals surface area (Å²) in [6.45, 7) is 2.02. The Bertz CT molecular complexity index is 357. The Morgan fingerprint density at radius 1 is 1.60 bits per heavy atom. The van der Waals surface area contributed by atoms with Gasteiger partial charge in [0.15, 0.2) is 0 Å². The molecule has 1 amide bonds. The second kappa shape index (κ2) is 6.15. The number of hydrogen-bond donors (Lipinski definition) is 1. The first-order valence-corrected chi connectivity index (χ1v) is 6.12. The summed E-state index contributed by atoms with van der Waals surface area (Å²) < 4.78 is 1.05. The Kier molecular flexibility index (Phi) is 5.14. The minimum absolute atomic E-state index is 0.134. The number of halogens is 1. The molecule has 0 saturated heterocycles. The van der Waals surface area contributed by atoms with Crippen molar-refractivity contribution in [1.82, 2.24) is 5.48 Å². The minimum Gasteiger partial charge on any atom is -0.277 e. The van der Waals surface area contributed by atoms with E-state index in [2.05, 4.69) is 26.2 Å². The number of carbonyl (C=O) groups is 1. The Morgan fingerprint density at radius 3 is 2.93 bits per heavy atom. The van der Waals surface area contributed by atoms with Crippen molar-refractivity contribution in [3.63, 3.8) is 0 Å². The van der Waals surface area contributed by atoms with E-state index in [9.17, 15) is 4.79 Å². The van der Waals surface area contributed by atoms with E-state index in [0.717, 1.165) is 14.9 Å². The minimum atomic E-state index is -0.134. The van der Waals surface area contributed by atoms with E-state index >= 15 is 0 Å². The van der Waals surface area contributed by atoms with Crippen LogP contribution in [0.2, 0.25) is 0 Å². The lowest BCUT2D eigenvalue weighted by Crippen LogP contribution is -2.23. The predicted octanol–water partition coefficient (Wildman–Crippen LogP) is 2.53. The first-order chi connectivity index (χ1) is 7.13. The third-order valence-corrected chi connectivity index (χ3v) is 3.38. The number of thioether (sulfide) groups is 1. The fourth-order valence-corrected chi connectivity index (χ4v) is 2.33. The summed E-state index contributed by atoms with van der Waals surface area (Å²) in [6.07, 6.45) is 0. The Hall–Kier alpha value is -0.520. The molecule has 0 bridgehead atoms. The van der Waals surface area contributed by atoms with Crippen LogP contribution in [-0.4, -0.2) is 18.8 Å². The number of hydrogen-bond acceptors (Lipinski definition) is 3. The molecule has 0 unspecified atom stereocenters. The highest BCUT2D eigenvalue weighted by atomic mass is 79.9. The van der Waals surface area contributed by atoms with E-state index < -0.39 is 0 Å². The molecular weight excluding hydrogens is 278 g/mol. The van der Waals surface area contributed by atoms with Gasteiger partial charge in [0, 0.05) is 9.37 Å². The van der Waals surface area contributed by atoms with Crippen molar-refractivity contribution in [2.24, 2.45) is 0 Å². The summed E-state index contributed by atoms with van der Waals surface area (Å²) in [7, 11) is 1.42. The molecule has 0 aromatic heterocycles. The van der Waals surface area contributed by atoms with Gasteiger partial charge in [-0.25, -0.2) is 5.48 Å². The van der Waals surface area contributed by atoms with Gasteiger partial charge in [0.25, 0.3) is 5.91 Å². The lowest BCUT2D eigenvalue weighted by molar-refractivity contribution is -0.128. The predicted molar refractivity (Wildman–Crippen MR) is 64.8 cm³/mol. The molecule has 1 N–H and O–H groups in total. The van der Waals surface area contributed by atoms with Crippen LogP contribution in [0.5, 0.6) is 0 Å². The number of amides is 1. The van der Waals surface area contributed by atoms with Crippen LogP contribution in [-0.2, 0) is 9.63 Å². The molecule has 0 aliphatic carbocycles. The summed E-state index contributed by atoms with van der Waals surface area (Å²) >= 11 is 4.88. The summed E-state index contributed by atoms with van der Waals surface area (Å²) in [5.41, 5.74) is 3.43. The highest BCUT2D eigenvalue weighted by molar-refractivity contribution is 9.10. The fourth-order valence-electron chi connectivity index (χ4n) is 1.06. The van der Waals surface area contributed by atoms with E-state index in [1.807, 2.05) is 25.1 Å². The van der Waals surface area contributed by atoms with Crippen molar-refractivity contribution < 1.29 is 9.63 Å². The standard InChI is InChI=1S/C10H12BrNO2S/c1-7-5-8(11)3-4-9(7)15-6-10(13)12-14-2/h3-5H,6H2,1-2H3,(H,12,13). The average molecular weight is 290 g/mol. The lowest BCUT2D eigenvalue weighted by atomic mass is 10.2. The van der Waals surface area contributed by atoms with Crippen LogP contribution in [0.25, 0.3) is 0 Å². The van der Waals surface area contributed by atoms with Gasteiger partial charge in [0.05, 0.1) is 12.9 Å². The molecule has 82 valence electrons. The van der Waals surface area contributed by atoms with Gasteiger partial charge < -0.3 is 0 Å². The zero-order chi connectivity index (χ0) is 11.3. The van der Waals surface area contributed by atoms with Crippen molar-refractivity contribution in [2.45, 2.75) is 11.8 Å². The van der Waals surface area contributed by atoms with Gasteiger partial charge in [-0.05, 0) is 30.7 Å². The monoisotopic (exact) mass is 289 g/mol. The van der Waals surface area contributed by atoms with Gasteiger partial charge in [-0.15, -0.1) is 11.8 Å². The maximum absolute atomic E-state index is 11.1. The van der Waals surface area contributed by atoms with Crippen LogP contribution in [0.3, 0.4) is 0 Å². The van der Waals surface area contributed by atoms with Gasteiger partial charge in [-0.1, -0.05) is 15.9 Å². The zero-order valence-corrected chi connectivity index (χ0v) is 10.9. The summed E-state index contributed by atoms with van der Waals surface area (Å²) in [4.78, 5) is 16.8. The van der Waals surface area contributed by atoms with Crippen molar-refractivity contribution >= 4 is 33.6 Å². The molecule has 0 spiro atoms. The molecule has 0 heterocycles. The second-order valence-electron chi connectivity index (χ2n) is 2.93. The summed E-state index contributed by atoms with van der Waals surface area (Å²) in [6, 6.07) is 5.98. The highest BCUT2D eigenvalue weighted by Gasteiger charge is 2.04. The van der Waals surface area contributed by atoms with Crippen molar-refractivity contribution in [3.05, 3.63) is 28.2 Å². The number of aryl methyl sites for hydroxylation is 1. The largest absolute Gasteiger partial charge is 0.277 e. The number of nitrogens with one attached hydrogen (secondary N) is 1. The van der Waals surface area contributed by atoms with Gasteiger partial charge >= 0.3 is 0 Å². The number of hydroxylamine groups is 1. The van der Waals surface area contributed by atoms with Crippen LogP contribution >= 0.6 is 27.7 Å². The third-order valence-electron chi connectivity index (χ3n) is 1.71. The number of benzene rings is 1. The van der Waals surface area contributed by atoms with E-state index in [0.29, 0.717) is 5.75 Å². The maximum atomic E-state index is 11.1. The van der Waals surface area contributed by atoms with Gasteiger partial charge in [-0.3, -0.25) is 9.63 Å². The smallest absolute Gasteiger partial charge is 0.253 e. The fraction of sp³-hybridized carbons (Fsp3) is 0.300. The summed E-state index contributed by atoms with van der Waals surface area (Å²) in [5.74, 6) is 0.223. The van der Waals surface area contributed by atoms with E-state index in [-0.39, 0.29) is 5.91 Å². The molecule has 1 aromatic rings. The molecular formula is C10H12BrNO2S. The molecule has 0 aliphatic heterocycles. The molecule has 0 aliphatic rings. The molecule has 3 nitrogen and oxygen atoms in total. The molecule has 15 heavy (non-hydrogen) atoms. The second-order valence-corrected chi connectivity index (χ2v) is 4.86. The molecule has 0 atom stereocenters. The molecule has 1 rings (SSSR count). The first-order valence-electron chi connectivity index (χ1n) is 4.34. The van der Waals surface area contributed by atoms with Crippen LogP contribution < -0.4 is 5.48 Å². The van der Waals surface area contributed by atoms with Crippen molar-refractivity contribution in [1.29, 1.82) is 0 Å². The quantitative estimate of drug-likeness (QED) is 0.684. The van der Waals surface area contributed by atoms with Crippen LogP contribution in [0.1, 0.15) is 5.56 Å². The van der Waals surface area contributed by atoms with Crippen LogP contribution in [0, 0.1) is 6.92 Å². The van der Waals surface area contributed by atoms with Crippen molar-refractivity contribution in [3.8, 4) is 0 Å². The first kappa shape index (κ1) is 12.5. The van der Waals surface area contributed by atoms with E-state index in [4.69, 9.17) is 0 Å². The average Bonchev–Trinajstić information content (AvgIpc) is 2.17. The number of carbonyl (C=O) groups excluding carboxylic acids is 1. The van der Waals surface area contributed by atoms with Crippen LogP contribution in [0.4, 0.5) is 0 Å². The Balaban J connectivity index is 2.54. The van der Waals surface area contributed by atoms with Crippen molar-refractivity contribution in [2.75, 3.05) is 12.9 Å². The topological polar surface area (TPSA) is 38.3 Å². The maximum Gasteiger partial charge on any atom is 0.253 e. The zero-order valence-electron chi connectivity index (χ0n) is 8.54. The SMILES string of the molecule is CONC(=O)CSc1ccc(Br)cc1C. The highest BCUT2D eigenvalue weighted by Crippen LogP contribution is 2.24. The lowest BCUT2D eigenvalue weighted by Gasteiger charge is -2.05. The Labute approximate surface area is 102 Å². The normalized spacial score (nSPS) is 10.1. The van der Waals surface area contributed by atoms with Gasteiger partial charge in [-0.2, -0.15) is 0 Å². The third kappa shape index (κ3) is 4.24.